The van der Waals surface area contributed by atoms with Gasteiger partial charge in [0.25, 0.3) is 0 Å². The van der Waals surface area contributed by atoms with Crippen LogP contribution in [0.2, 0.25) is 5.02 Å². The van der Waals surface area contributed by atoms with Crippen LogP contribution in [0.25, 0.3) is 6.08 Å². The highest BCUT2D eigenvalue weighted by atomic mass is 35.5. The van der Waals surface area contributed by atoms with Gasteiger partial charge in [-0.1, -0.05) is 17.5 Å². The van der Waals surface area contributed by atoms with Crippen LogP contribution in [-0.2, 0) is 4.79 Å². The van der Waals surface area contributed by atoms with Crippen LogP contribution in [0.15, 0.2) is 29.8 Å². The number of ether oxygens (including phenoxy) is 2. The lowest BCUT2D eigenvalue weighted by Gasteiger charge is -2.27. The van der Waals surface area contributed by atoms with Crippen LogP contribution in [0.4, 0.5) is 22.0 Å². The first kappa shape index (κ1) is 20.5. The summed E-state index contributed by atoms with van der Waals surface area (Å²) in [4.78, 5) is 11.1. The topological polar surface area (TPSA) is 55.8 Å². The van der Waals surface area contributed by atoms with Gasteiger partial charge in [0.2, 0.25) is 6.10 Å². The summed E-state index contributed by atoms with van der Waals surface area (Å²) in [6.45, 7) is 0. The maximum Gasteiger partial charge on any atom is 0.430 e. The van der Waals surface area contributed by atoms with Crippen molar-refractivity contribution in [1.82, 2.24) is 0 Å². The number of halogens is 6. The van der Waals surface area contributed by atoms with Gasteiger partial charge in [-0.25, -0.2) is 13.6 Å². The van der Waals surface area contributed by atoms with Gasteiger partial charge in [0.1, 0.15) is 17.3 Å². The molecule has 1 aliphatic heterocycles. The number of carboxylic acid groups (broad SMARTS) is 1. The van der Waals surface area contributed by atoms with E-state index < -0.39 is 47.0 Å². The van der Waals surface area contributed by atoms with E-state index in [9.17, 15) is 26.7 Å². The predicted octanol–water partition coefficient (Wildman–Crippen LogP) is 5.18. The van der Waals surface area contributed by atoms with Crippen LogP contribution in [0.1, 0.15) is 11.1 Å². The Morgan fingerprint density at radius 3 is 2.45 bits per heavy atom. The van der Waals surface area contributed by atoms with E-state index in [0.717, 1.165) is 18.2 Å². The van der Waals surface area contributed by atoms with Crippen LogP contribution < -0.4 is 9.47 Å². The fraction of sp³-hybridized carbons (Fsp3) is 0.105. The van der Waals surface area contributed by atoms with Crippen molar-refractivity contribution in [3.05, 3.63) is 57.6 Å². The van der Waals surface area contributed by atoms with Gasteiger partial charge in [-0.3, -0.25) is 0 Å². The van der Waals surface area contributed by atoms with E-state index >= 15 is 0 Å². The molecule has 0 radical (unpaired) electrons. The average Bonchev–Trinajstić information content (AvgIpc) is 2.63. The number of benzene rings is 2. The lowest BCUT2D eigenvalue weighted by Crippen LogP contribution is -2.40. The fourth-order valence-corrected chi connectivity index (χ4v) is 2.74. The van der Waals surface area contributed by atoms with Crippen molar-refractivity contribution < 1.29 is 41.3 Å². The Morgan fingerprint density at radius 1 is 1.17 bits per heavy atom. The summed E-state index contributed by atoms with van der Waals surface area (Å²) in [6.07, 6.45) is -1.95. The zero-order chi connectivity index (χ0) is 21.5. The van der Waals surface area contributed by atoms with Crippen LogP contribution in [0.5, 0.6) is 17.2 Å². The van der Waals surface area contributed by atoms with E-state index in [1.165, 1.54) is 0 Å². The Kier molecular flexibility index (Phi) is 5.15. The standard InChI is InChI=1S/C19H8ClF5O4/c1-2-8-5-13(22)16(6-12(8)21)28-15-7-14-9(4-11(15)20)3-10(18(26)27)17(29-14)19(23,24)25/h1,3-7,17H,(H,26,27). The number of fused-ring (bicyclic) bond motifs is 1. The van der Waals surface area contributed by atoms with E-state index in [0.29, 0.717) is 12.1 Å². The van der Waals surface area contributed by atoms with Crippen molar-refractivity contribution in [3.63, 3.8) is 0 Å². The Morgan fingerprint density at radius 2 is 1.86 bits per heavy atom. The first-order valence-electron chi connectivity index (χ1n) is 7.66. The van der Waals surface area contributed by atoms with Gasteiger partial charge in [0, 0.05) is 17.7 Å². The van der Waals surface area contributed by atoms with E-state index in [2.05, 4.69) is 0 Å². The van der Waals surface area contributed by atoms with Crippen molar-refractivity contribution in [1.29, 1.82) is 0 Å². The number of alkyl halides is 3. The Balaban J connectivity index is 2.03. The highest BCUT2D eigenvalue weighted by Crippen LogP contribution is 2.42. The fourth-order valence-electron chi connectivity index (χ4n) is 2.53. The second-order valence-corrected chi connectivity index (χ2v) is 6.18. The molecule has 4 nitrogen and oxygen atoms in total. The highest BCUT2D eigenvalue weighted by molar-refractivity contribution is 6.32. The molecular weight excluding hydrogens is 423 g/mol. The van der Waals surface area contributed by atoms with Crippen LogP contribution >= 0.6 is 11.6 Å². The Bertz CT molecular complexity index is 1090. The Labute approximate surface area is 165 Å². The molecular formula is C19H8ClF5O4. The first-order chi connectivity index (χ1) is 13.5. The SMILES string of the molecule is C#Cc1cc(F)c(Oc2cc3c(cc2Cl)C=C(C(=O)O)C(C(F)(F)F)O3)cc1F. The third-order valence-electron chi connectivity index (χ3n) is 3.84. The van der Waals surface area contributed by atoms with Crippen LogP contribution in [-0.4, -0.2) is 23.4 Å². The van der Waals surface area contributed by atoms with E-state index in [1.54, 1.807) is 0 Å². The third kappa shape index (κ3) is 3.98. The molecule has 1 aliphatic rings. The van der Waals surface area contributed by atoms with Gasteiger partial charge < -0.3 is 14.6 Å². The van der Waals surface area contributed by atoms with Gasteiger partial charge in [0.05, 0.1) is 16.2 Å². The van der Waals surface area contributed by atoms with Crippen molar-refractivity contribution >= 4 is 23.6 Å². The van der Waals surface area contributed by atoms with E-state index in [1.807, 2.05) is 5.92 Å². The molecule has 1 unspecified atom stereocenters. The summed E-state index contributed by atoms with van der Waals surface area (Å²) in [5, 5.41) is 8.81. The molecule has 0 fully saturated rings. The smallest absolute Gasteiger partial charge is 0.430 e. The Hall–Kier alpha value is -3.25. The summed E-state index contributed by atoms with van der Waals surface area (Å²) in [5.41, 5.74) is -1.45. The molecule has 0 aromatic heterocycles. The molecule has 0 amide bonds. The van der Waals surface area contributed by atoms with Crippen molar-refractivity contribution in [2.45, 2.75) is 12.3 Å². The second-order valence-electron chi connectivity index (χ2n) is 5.77. The number of carbonyl (C=O) groups is 1. The summed E-state index contributed by atoms with van der Waals surface area (Å²) in [7, 11) is 0. The number of aliphatic carboxylic acids is 1. The predicted molar refractivity (Wildman–Crippen MR) is 91.9 cm³/mol. The number of terminal acetylenes is 1. The average molecular weight is 431 g/mol. The zero-order valence-corrected chi connectivity index (χ0v) is 14.7. The molecule has 0 bridgehead atoms. The third-order valence-corrected chi connectivity index (χ3v) is 4.14. The number of hydrogen-bond donors (Lipinski definition) is 1. The minimum absolute atomic E-state index is 0.0606. The van der Waals surface area contributed by atoms with Gasteiger partial charge in [-0.15, -0.1) is 6.42 Å². The largest absolute Gasteiger partial charge is 0.478 e. The lowest BCUT2D eigenvalue weighted by molar-refractivity contribution is -0.187. The van der Waals surface area contributed by atoms with Crippen molar-refractivity contribution in [2.24, 2.45) is 0 Å². The lowest BCUT2D eigenvalue weighted by atomic mass is 10.0. The summed E-state index contributed by atoms with van der Waals surface area (Å²) in [5.74, 6) is -3.24. The van der Waals surface area contributed by atoms with Crippen molar-refractivity contribution in [2.75, 3.05) is 0 Å². The minimum Gasteiger partial charge on any atom is -0.478 e. The highest BCUT2D eigenvalue weighted by Gasteiger charge is 2.48. The van der Waals surface area contributed by atoms with Gasteiger partial charge in [-0.2, -0.15) is 13.2 Å². The number of rotatable bonds is 3. The molecule has 1 heterocycles. The normalized spacial score (nSPS) is 15.6. The quantitative estimate of drug-likeness (QED) is 0.538. The molecule has 10 heteroatoms. The molecule has 3 rings (SSSR count). The van der Waals surface area contributed by atoms with Crippen LogP contribution in [0.3, 0.4) is 0 Å². The molecule has 29 heavy (non-hydrogen) atoms. The summed E-state index contributed by atoms with van der Waals surface area (Å²) >= 11 is 5.99. The van der Waals surface area contributed by atoms with Gasteiger partial charge >= 0.3 is 12.1 Å². The van der Waals surface area contributed by atoms with E-state index in [-0.39, 0.29) is 21.9 Å². The second kappa shape index (κ2) is 7.29. The van der Waals surface area contributed by atoms with Crippen molar-refractivity contribution in [3.8, 4) is 29.6 Å². The summed E-state index contributed by atoms with van der Waals surface area (Å²) < 4.78 is 77.2. The van der Waals surface area contributed by atoms with Gasteiger partial charge in [0.15, 0.2) is 11.6 Å². The monoisotopic (exact) mass is 430 g/mol. The molecule has 0 saturated heterocycles. The maximum absolute atomic E-state index is 14.0. The number of hydrogen-bond acceptors (Lipinski definition) is 3. The zero-order valence-electron chi connectivity index (χ0n) is 14.0. The molecule has 0 aliphatic carbocycles. The number of carboxylic acids is 1. The molecule has 0 saturated carbocycles. The van der Waals surface area contributed by atoms with Gasteiger partial charge in [-0.05, 0) is 18.2 Å². The molecule has 1 N–H and O–H groups in total. The van der Waals surface area contributed by atoms with E-state index in [4.69, 9.17) is 32.6 Å². The molecule has 0 spiro atoms. The minimum atomic E-state index is -5.01. The maximum atomic E-state index is 14.0. The summed E-state index contributed by atoms with van der Waals surface area (Å²) in [6, 6.07) is 3.35. The molecule has 1 atom stereocenters. The van der Waals surface area contributed by atoms with Crippen LogP contribution in [0, 0.1) is 24.0 Å². The molecule has 2 aromatic rings. The molecule has 2 aromatic carbocycles. The molecule has 150 valence electrons. The first-order valence-corrected chi connectivity index (χ1v) is 8.04.